The summed E-state index contributed by atoms with van der Waals surface area (Å²) in [6.07, 6.45) is 1.53. The van der Waals surface area contributed by atoms with Crippen molar-refractivity contribution in [1.29, 1.82) is 0 Å². The first kappa shape index (κ1) is 15.8. The van der Waals surface area contributed by atoms with Crippen LogP contribution in [0, 0.1) is 0 Å². The van der Waals surface area contributed by atoms with E-state index >= 15 is 0 Å². The van der Waals surface area contributed by atoms with Gasteiger partial charge >= 0.3 is 0 Å². The zero-order chi connectivity index (χ0) is 16.2. The molecule has 0 atom stereocenters. The van der Waals surface area contributed by atoms with Gasteiger partial charge in [-0.05, 0) is 35.9 Å². The lowest BCUT2D eigenvalue weighted by atomic mass is 10.2. The minimum Gasteiger partial charge on any atom is -0.366 e. The number of nitrogens with two attached hydrogens (primary N) is 1. The van der Waals surface area contributed by atoms with E-state index in [1.165, 1.54) is 37.4 Å². The molecule has 0 radical (unpaired) electrons. The van der Waals surface area contributed by atoms with E-state index in [1.807, 2.05) is 30.3 Å². The quantitative estimate of drug-likeness (QED) is 0.918. The number of benzene rings is 2. The van der Waals surface area contributed by atoms with E-state index in [9.17, 15) is 13.2 Å². The van der Waals surface area contributed by atoms with Gasteiger partial charge in [-0.1, -0.05) is 30.3 Å². The van der Waals surface area contributed by atoms with Crippen LogP contribution in [0.25, 0.3) is 6.08 Å². The molecule has 0 aliphatic rings. The van der Waals surface area contributed by atoms with Crippen molar-refractivity contribution in [3.05, 3.63) is 71.1 Å². The number of rotatable bonds is 5. The lowest BCUT2D eigenvalue weighted by Gasteiger charge is -2.17. The number of nitrogens with zero attached hydrogens (tertiary/aromatic N) is 1. The predicted octanol–water partition coefficient (Wildman–Crippen LogP) is 2.22. The monoisotopic (exact) mass is 316 g/mol. The first-order valence-corrected chi connectivity index (χ1v) is 8.02. The zero-order valence-corrected chi connectivity index (χ0v) is 12.8. The second kappa shape index (κ2) is 6.44. The van der Waals surface area contributed by atoms with E-state index in [0.717, 1.165) is 15.3 Å². The second-order valence-electron chi connectivity index (χ2n) is 4.64. The van der Waals surface area contributed by atoms with Gasteiger partial charge in [-0.25, -0.2) is 8.42 Å². The SMILES string of the molecule is CN(c1ccc(C(N)=O)cc1)S(=O)(=O)/C=C/c1ccccc1. The first-order valence-electron chi connectivity index (χ1n) is 6.52. The molecule has 0 unspecified atom stereocenters. The third kappa shape index (κ3) is 3.73. The van der Waals surface area contributed by atoms with Crippen molar-refractivity contribution < 1.29 is 13.2 Å². The highest BCUT2D eigenvalue weighted by molar-refractivity contribution is 7.95. The predicted molar refractivity (Wildman–Crippen MR) is 87.8 cm³/mol. The molecule has 6 heteroatoms. The maximum Gasteiger partial charge on any atom is 0.257 e. The summed E-state index contributed by atoms with van der Waals surface area (Å²) in [5.41, 5.74) is 6.73. The Bertz CT molecular complexity index is 782. The number of carbonyl (C=O) groups is 1. The number of hydrogen-bond donors (Lipinski definition) is 1. The Hall–Kier alpha value is -2.60. The van der Waals surface area contributed by atoms with Crippen molar-refractivity contribution in [2.75, 3.05) is 11.4 Å². The summed E-state index contributed by atoms with van der Waals surface area (Å²) in [5.74, 6) is -0.555. The van der Waals surface area contributed by atoms with Gasteiger partial charge in [0.2, 0.25) is 5.91 Å². The van der Waals surface area contributed by atoms with Crippen molar-refractivity contribution in [2.24, 2.45) is 5.73 Å². The maximum atomic E-state index is 12.3. The number of carbonyl (C=O) groups excluding carboxylic acids is 1. The number of sulfonamides is 1. The van der Waals surface area contributed by atoms with E-state index in [-0.39, 0.29) is 0 Å². The van der Waals surface area contributed by atoms with Crippen LogP contribution < -0.4 is 10.0 Å². The van der Waals surface area contributed by atoms with E-state index in [4.69, 9.17) is 5.73 Å². The molecule has 0 saturated carbocycles. The summed E-state index contributed by atoms with van der Waals surface area (Å²) in [6.45, 7) is 0. The summed E-state index contributed by atoms with van der Waals surface area (Å²) in [7, 11) is -2.16. The Kier molecular flexibility index (Phi) is 4.62. The first-order chi connectivity index (χ1) is 10.4. The molecule has 2 aromatic rings. The van der Waals surface area contributed by atoms with Gasteiger partial charge in [0.1, 0.15) is 0 Å². The van der Waals surface area contributed by atoms with E-state index in [2.05, 4.69) is 0 Å². The lowest BCUT2D eigenvalue weighted by Crippen LogP contribution is -2.24. The Morgan fingerprint density at radius 1 is 1.05 bits per heavy atom. The van der Waals surface area contributed by atoms with Crippen LogP contribution in [0.4, 0.5) is 5.69 Å². The molecule has 1 amide bonds. The maximum absolute atomic E-state index is 12.3. The Morgan fingerprint density at radius 3 is 2.18 bits per heavy atom. The van der Waals surface area contributed by atoms with Crippen molar-refractivity contribution in [3.8, 4) is 0 Å². The van der Waals surface area contributed by atoms with Gasteiger partial charge in [-0.2, -0.15) is 0 Å². The van der Waals surface area contributed by atoms with Gasteiger partial charge in [0.05, 0.1) is 11.1 Å². The molecule has 5 nitrogen and oxygen atoms in total. The minimum absolute atomic E-state index is 0.328. The fourth-order valence-corrected chi connectivity index (χ4v) is 2.73. The summed E-state index contributed by atoms with van der Waals surface area (Å²) in [5, 5.41) is 1.14. The van der Waals surface area contributed by atoms with Crippen LogP contribution in [-0.2, 0) is 10.0 Å². The summed E-state index contributed by atoms with van der Waals surface area (Å²) < 4.78 is 25.7. The fraction of sp³-hybridized carbons (Fsp3) is 0.0625. The molecule has 0 heterocycles. The third-order valence-electron chi connectivity index (χ3n) is 3.13. The van der Waals surface area contributed by atoms with Crippen molar-refractivity contribution in [2.45, 2.75) is 0 Å². The molecule has 0 aliphatic carbocycles. The molecule has 0 saturated heterocycles. The number of primary amides is 1. The highest BCUT2D eigenvalue weighted by Crippen LogP contribution is 2.18. The van der Waals surface area contributed by atoms with Crippen LogP contribution >= 0.6 is 0 Å². The van der Waals surface area contributed by atoms with Crippen LogP contribution in [0.3, 0.4) is 0 Å². The lowest BCUT2D eigenvalue weighted by molar-refractivity contribution is 0.100. The fourth-order valence-electron chi connectivity index (χ4n) is 1.80. The third-order valence-corrected chi connectivity index (χ3v) is 4.58. The average Bonchev–Trinajstić information content (AvgIpc) is 2.53. The second-order valence-corrected chi connectivity index (χ2v) is 6.49. The highest BCUT2D eigenvalue weighted by atomic mass is 32.2. The molecule has 0 bridgehead atoms. The zero-order valence-electron chi connectivity index (χ0n) is 12.0. The standard InChI is InChI=1S/C16H16N2O3S/c1-18(15-9-7-14(8-10-15)16(17)19)22(20,21)12-11-13-5-3-2-4-6-13/h2-12H,1H3,(H2,17,19)/b12-11+. The molecule has 0 aromatic heterocycles. The molecule has 114 valence electrons. The van der Waals surface area contributed by atoms with Gasteiger partial charge in [0.25, 0.3) is 10.0 Å². The normalized spacial score (nSPS) is 11.5. The van der Waals surface area contributed by atoms with Gasteiger partial charge in [-0.15, -0.1) is 0 Å². The minimum atomic E-state index is -3.61. The molecule has 0 fully saturated rings. The van der Waals surface area contributed by atoms with Gasteiger partial charge in [0, 0.05) is 12.6 Å². The van der Waals surface area contributed by atoms with Crippen LogP contribution in [-0.4, -0.2) is 21.4 Å². The summed E-state index contributed by atoms with van der Waals surface area (Å²) >= 11 is 0. The molecule has 2 rings (SSSR count). The highest BCUT2D eigenvalue weighted by Gasteiger charge is 2.15. The molecule has 2 aromatic carbocycles. The number of amides is 1. The largest absolute Gasteiger partial charge is 0.366 e. The van der Waals surface area contributed by atoms with Crippen LogP contribution in [0.15, 0.2) is 60.0 Å². The average molecular weight is 316 g/mol. The molecular weight excluding hydrogens is 300 g/mol. The Morgan fingerprint density at radius 2 is 1.64 bits per heavy atom. The van der Waals surface area contributed by atoms with Crippen LogP contribution in [0.1, 0.15) is 15.9 Å². The van der Waals surface area contributed by atoms with Gasteiger partial charge in [-0.3, -0.25) is 9.10 Å². The molecule has 2 N–H and O–H groups in total. The Balaban J connectivity index is 2.21. The Labute approximate surface area is 129 Å². The smallest absolute Gasteiger partial charge is 0.257 e. The molecule has 0 aliphatic heterocycles. The van der Waals surface area contributed by atoms with E-state index < -0.39 is 15.9 Å². The summed E-state index contributed by atoms with van der Waals surface area (Å²) in [4.78, 5) is 11.0. The van der Waals surface area contributed by atoms with E-state index in [0.29, 0.717) is 11.3 Å². The molecule has 0 spiro atoms. The van der Waals surface area contributed by atoms with E-state index in [1.54, 1.807) is 0 Å². The molecule has 22 heavy (non-hydrogen) atoms. The van der Waals surface area contributed by atoms with Crippen molar-refractivity contribution in [3.63, 3.8) is 0 Å². The van der Waals surface area contributed by atoms with Gasteiger partial charge < -0.3 is 5.73 Å². The van der Waals surface area contributed by atoms with Crippen LogP contribution in [0.5, 0.6) is 0 Å². The van der Waals surface area contributed by atoms with Crippen LogP contribution in [0.2, 0.25) is 0 Å². The molecular formula is C16H16N2O3S. The number of anilines is 1. The number of hydrogen-bond acceptors (Lipinski definition) is 3. The summed E-state index contributed by atoms with van der Waals surface area (Å²) in [6, 6.07) is 15.2. The van der Waals surface area contributed by atoms with Gasteiger partial charge in [0.15, 0.2) is 0 Å². The van der Waals surface area contributed by atoms with Crippen molar-refractivity contribution >= 4 is 27.7 Å². The van der Waals surface area contributed by atoms with Crippen molar-refractivity contribution in [1.82, 2.24) is 0 Å². The topological polar surface area (TPSA) is 80.5 Å².